The maximum atomic E-state index is 4.73. The van der Waals surface area contributed by atoms with Crippen molar-refractivity contribution in [1.82, 2.24) is 10.4 Å². The zero-order valence-corrected chi connectivity index (χ0v) is 6.16. The van der Waals surface area contributed by atoms with E-state index in [0.29, 0.717) is 11.9 Å². The Bertz CT molecular complexity index is 173. The van der Waals surface area contributed by atoms with Gasteiger partial charge in [-0.25, -0.2) is 0 Å². The summed E-state index contributed by atoms with van der Waals surface area (Å²) in [5.41, 5.74) is 0. The maximum Gasteiger partial charge on any atom is 0.245 e. The molecule has 1 atom stereocenters. The molecule has 10 heavy (non-hydrogen) atoms. The topological polar surface area (TPSA) is 51.0 Å². The molecule has 0 aromatic carbocycles. The first-order valence-corrected chi connectivity index (χ1v) is 3.36. The van der Waals surface area contributed by atoms with E-state index >= 15 is 0 Å². The Morgan fingerprint density at radius 3 is 3.10 bits per heavy atom. The van der Waals surface area contributed by atoms with Gasteiger partial charge in [-0.2, -0.15) is 0 Å². The monoisotopic (exact) mass is 141 g/mol. The summed E-state index contributed by atoms with van der Waals surface area (Å²) in [4.78, 5) is 0. The van der Waals surface area contributed by atoms with Crippen molar-refractivity contribution in [1.29, 1.82) is 0 Å². The van der Waals surface area contributed by atoms with Crippen LogP contribution in [0.1, 0.15) is 20.3 Å². The minimum Gasteiger partial charge on any atom is -0.350 e. The van der Waals surface area contributed by atoms with Crippen molar-refractivity contribution in [3.8, 4) is 0 Å². The van der Waals surface area contributed by atoms with Gasteiger partial charge in [0.1, 0.15) is 6.20 Å². The lowest BCUT2D eigenvalue weighted by Gasteiger charge is -2.06. The van der Waals surface area contributed by atoms with Gasteiger partial charge in [0.15, 0.2) is 0 Å². The van der Waals surface area contributed by atoms with Gasteiger partial charge in [-0.05, 0) is 13.3 Å². The molecule has 0 saturated heterocycles. The number of nitrogens with one attached hydrogen (secondary N) is 1. The number of hydrogen-bond donors (Lipinski definition) is 1. The van der Waals surface area contributed by atoms with Crippen LogP contribution >= 0.6 is 0 Å². The Hall–Kier alpha value is -1.06. The molecule has 1 unspecified atom stereocenters. The Morgan fingerprint density at radius 2 is 2.60 bits per heavy atom. The van der Waals surface area contributed by atoms with Crippen LogP contribution in [0.15, 0.2) is 10.7 Å². The molecule has 1 rings (SSSR count). The second kappa shape index (κ2) is 3.20. The predicted octanol–water partition coefficient (Wildman–Crippen LogP) is 1.28. The van der Waals surface area contributed by atoms with Gasteiger partial charge in [0.25, 0.3) is 0 Å². The summed E-state index contributed by atoms with van der Waals surface area (Å²) in [5.74, 6) is 0.634. The quantitative estimate of drug-likeness (QED) is 0.688. The van der Waals surface area contributed by atoms with Gasteiger partial charge in [-0.15, -0.1) is 5.10 Å². The summed E-state index contributed by atoms with van der Waals surface area (Å²) in [6.45, 7) is 4.17. The number of anilines is 1. The number of aromatic nitrogens is 2. The van der Waals surface area contributed by atoms with Crippen molar-refractivity contribution in [3.05, 3.63) is 6.20 Å². The third-order valence-electron chi connectivity index (χ3n) is 1.36. The van der Waals surface area contributed by atoms with Gasteiger partial charge in [-0.3, -0.25) is 0 Å². The fourth-order valence-corrected chi connectivity index (χ4v) is 0.576. The lowest BCUT2D eigenvalue weighted by Crippen LogP contribution is -2.12. The minimum absolute atomic E-state index is 0.412. The Kier molecular flexibility index (Phi) is 2.25. The van der Waals surface area contributed by atoms with E-state index in [4.69, 9.17) is 4.52 Å². The largest absolute Gasteiger partial charge is 0.350 e. The summed E-state index contributed by atoms with van der Waals surface area (Å²) in [5, 5.41) is 9.93. The third-order valence-corrected chi connectivity index (χ3v) is 1.36. The molecule has 4 heteroatoms. The highest BCUT2D eigenvalue weighted by Gasteiger charge is 2.00. The molecule has 1 aromatic heterocycles. The number of rotatable bonds is 3. The van der Waals surface area contributed by atoms with E-state index in [2.05, 4.69) is 29.5 Å². The second-order valence-electron chi connectivity index (χ2n) is 2.24. The predicted molar refractivity (Wildman–Crippen MR) is 37.7 cm³/mol. The van der Waals surface area contributed by atoms with Crippen molar-refractivity contribution in [2.24, 2.45) is 0 Å². The molecule has 0 aliphatic rings. The molecule has 0 fully saturated rings. The van der Waals surface area contributed by atoms with E-state index in [1.165, 1.54) is 0 Å². The van der Waals surface area contributed by atoms with Gasteiger partial charge in [0, 0.05) is 11.3 Å². The second-order valence-corrected chi connectivity index (χ2v) is 2.24. The maximum absolute atomic E-state index is 4.73. The Morgan fingerprint density at radius 1 is 1.80 bits per heavy atom. The lowest BCUT2D eigenvalue weighted by molar-refractivity contribution is 0.401. The normalized spacial score (nSPS) is 13.0. The van der Waals surface area contributed by atoms with Crippen LogP contribution in [0.5, 0.6) is 0 Å². The SMILES string of the molecule is CCC(C)Nc1cnno1. The van der Waals surface area contributed by atoms with Crippen LogP contribution < -0.4 is 5.32 Å². The summed E-state index contributed by atoms with van der Waals surface area (Å²) in [6, 6.07) is 0.412. The van der Waals surface area contributed by atoms with Gasteiger partial charge in [-0.1, -0.05) is 6.92 Å². The van der Waals surface area contributed by atoms with Gasteiger partial charge in [0.2, 0.25) is 5.88 Å². The molecule has 1 heterocycles. The molecule has 0 saturated carbocycles. The van der Waals surface area contributed by atoms with Crippen LogP contribution in [0.25, 0.3) is 0 Å². The van der Waals surface area contributed by atoms with Crippen LogP contribution in [0.4, 0.5) is 5.88 Å². The Labute approximate surface area is 59.6 Å². The van der Waals surface area contributed by atoms with Gasteiger partial charge < -0.3 is 9.84 Å². The molecule has 1 N–H and O–H groups in total. The molecule has 0 spiro atoms. The molecule has 4 nitrogen and oxygen atoms in total. The van der Waals surface area contributed by atoms with E-state index in [1.807, 2.05) is 0 Å². The first-order valence-electron chi connectivity index (χ1n) is 3.36. The molecule has 0 aliphatic carbocycles. The zero-order valence-electron chi connectivity index (χ0n) is 6.16. The smallest absolute Gasteiger partial charge is 0.245 e. The van der Waals surface area contributed by atoms with Gasteiger partial charge >= 0.3 is 0 Å². The zero-order chi connectivity index (χ0) is 7.40. The highest BCUT2D eigenvalue weighted by Crippen LogP contribution is 2.04. The summed E-state index contributed by atoms with van der Waals surface area (Å²) >= 11 is 0. The summed E-state index contributed by atoms with van der Waals surface area (Å²) < 4.78 is 4.73. The molecule has 56 valence electrons. The van der Waals surface area contributed by atoms with E-state index in [9.17, 15) is 0 Å². The number of nitrogens with zero attached hydrogens (tertiary/aromatic N) is 2. The minimum atomic E-state index is 0.412. The van der Waals surface area contributed by atoms with Crippen molar-refractivity contribution < 1.29 is 4.52 Å². The van der Waals surface area contributed by atoms with Gasteiger partial charge in [0.05, 0.1) is 0 Å². The van der Waals surface area contributed by atoms with Crippen LogP contribution in [0.3, 0.4) is 0 Å². The fourth-order valence-electron chi connectivity index (χ4n) is 0.576. The molecular weight excluding hydrogens is 130 g/mol. The molecule has 0 aliphatic heterocycles. The van der Waals surface area contributed by atoms with Crippen molar-refractivity contribution in [3.63, 3.8) is 0 Å². The van der Waals surface area contributed by atoms with E-state index in [1.54, 1.807) is 6.20 Å². The average Bonchev–Trinajstić information content (AvgIpc) is 2.40. The molecule has 0 radical (unpaired) electrons. The first kappa shape index (κ1) is 7.05. The molecule has 1 aromatic rings. The first-order chi connectivity index (χ1) is 4.83. The highest BCUT2D eigenvalue weighted by molar-refractivity contribution is 5.25. The van der Waals surface area contributed by atoms with E-state index in [-0.39, 0.29) is 0 Å². The summed E-state index contributed by atoms with van der Waals surface area (Å²) in [6.07, 6.45) is 2.62. The fraction of sp³-hybridized carbons (Fsp3) is 0.667. The third kappa shape index (κ3) is 1.72. The van der Waals surface area contributed by atoms with Crippen molar-refractivity contribution in [2.45, 2.75) is 26.3 Å². The number of hydrogen-bond acceptors (Lipinski definition) is 4. The van der Waals surface area contributed by atoms with E-state index in [0.717, 1.165) is 6.42 Å². The standard InChI is InChI=1S/C6H11N3O/c1-3-5(2)8-6-4-7-9-10-6/h4-5,8H,3H2,1-2H3. The lowest BCUT2D eigenvalue weighted by atomic mass is 10.3. The molecule has 0 bridgehead atoms. The van der Waals surface area contributed by atoms with Crippen LogP contribution in [-0.4, -0.2) is 16.4 Å². The van der Waals surface area contributed by atoms with Crippen LogP contribution in [0.2, 0.25) is 0 Å². The molecule has 0 amide bonds. The van der Waals surface area contributed by atoms with Crippen LogP contribution in [0, 0.1) is 0 Å². The average molecular weight is 141 g/mol. The Balaban J connectivity index is 2.40. The summed E-state index contributed by atoms with van der Waals surface area (Å²) in [7, 11) is 0. The van der Waals surface area contributed by atoms with Crippen molar-refractivity contribution >= 4 is 5.88 Å². The highest BCUT2D eigenvalue weighted by atomic mass is 16.5. The van der Waals surface area contributed by atoms with E-state index < -0.39 is 0 Å². The van der Waals surface area contributed by atoms with Crippen molar-refractivity contribution in [2.75, 3.05) is 5.32 Å². The van der Waals surface area contributed by atoms with Crippen LogP contribution in [-0.2, 0) is 0 Å². The molecular formula is C6H11N3O.